The highest BCUT2D eigenvalue weighted by Gasteiger charge is 2.28. The average Bonchev–Trinajstić information content (AvgIpc) is 3.72. The van der Waals surface area contributed by atoms with Crippen molar-refractivity contribution in [1.82, 2.24) is 39.1 Å². The molecule has 2 aromatic heterocycles. The number of piperazine rings is 2. The highest BCUT2D eigenvalue weighted by atomic mass is 15.3. The Morgan fingerprint density at radius 2 is 1.53 bits per heavy atom. The van der Waals surface area contributed by atoms with E-state index in [1.165, 1.54) is 63.0 Å². The van der Waals surface area contributed by atoms with Crippen LogP contribution in [0, 0.1) is 0 Å². The van der Waals surface area contributed by atoms with Gasteiger partial charge < -0.3 is 29.5 Å². The van der Waals surface area contributed by atoms with Crippen molar-refractivity contribution in [3.05, 3.63) is 41.7 Å². The number of hydrogen-bond acceptors (Lipinski definition) is 9. The van der Waals surface area contributed by atoms with Crippen LogP contribution in [-0.2, 0) is 19.6 Å². The molecular weight excluding hydrogens is 536 g/mol. The van der Waals surface area contributed by atoms with E-state index < -0.39 is 0 Å². The summed E-state index contributed by atoms with van der Waals surface area (Å²) in [7, 11) is 4.21. The van der Waals surface area contributed by atoms with Gasteiger partial charge in [0.2, 0.25) is 5.95 Å². The van der Waals surface area contributed by atoms with Crippen LogP contribution in [0.1, 0.15) is 50.2 Å². The minimum Gasteiger partial charge on any atom is -0.352 e. The predicted molar refractivity (Wildman–Crippen MR) is 176 cm³/mol. The summed E-state index contributed by atoms with van der Waals surface area (Å²) in [5, 5.41) is 3.56. The summed E-state index contributed by atoms with van der Waals surface area (Å²) < 4.78 is 2.25. The van der Waals surface area contributed by atoms with E-state index in [-0.39, 0.29) is 0 Å². The van der Waals surface area contributed by atoms with Gasteiger partial charge in [0.25, 0.3) is 0 Å². The average molecular weight is 589 g/mol. The molecule has 1 aliphatic carbocycles. The van der Waals surface area contributed by atoms with Gasteiger partial charge in [0, 0.05) is 78.0 Å². The number of benzene rings is 1. The minimum atomic E-state index is 0.690. The fourth-order valence-corrected chi connectivity index (χ4v) is 7.06. The number of hydrogen-bond donors (Lipinski definition) is 1. The first-order chi connectivity index (χ1) is 21.1. The van der Waals surface area contributed by atoms with Crippen molar-refractivity contribution in [2.45, 2.75) is 64.7 Å². The monoisotopic (exact) mass is 588 g/mol. The molecule has 3 aliphatic rings. The molecule has 0 bridgehead atoms. The highest BCUT2D eigenvalue weighted by molar-refractivity contribution is 5.85. The Labute approximate surface area is 258 Å². The van der Waals surface area contributed by atoms with Crippen LogP contribution in [-0.4, -0.2) is 125 Å². The van der Waals surface area contributed by atoms with Gasteiger partial charge in [-0.25, -0.2) is 4.98 Å². The largest absolute Gasteiger partial charge is 0.352 e. The van der Waals surface area contributed by atoms with Gasteiger partial charge in [0.05, 0.1) is 6.33 Å². The first kappa shape index (κ1) is 30.2. The molecule has 3 aromatic rings. The lowest BCUT2D eigenvalue weighted by atomic mass is 10.1. The molecule has 2 aliphatic heterocycles. The first-order valence-electron chi connectivity index (χ1n) is 16.7. The molecule has 6 rings (SSSR count). The smallest absolute Gasteiger partial charge is 0.227 e. The minimum absolute atomic E-state index is 0.690. The molecule has 0 atom stereocenters. The summed E-state index contributed by atoms with van der Waals surface area (Å²) in [4.78, 5) is 27.5. The number of aryl methyl sites for hydroxylation is 1. The van der Waals surface area contributed by atoms with Crippen LogP contribution >= 0.6 is 0 Å². The maximum absolute atomic E-state index is 5.09. The Hall–Kier alpha value is -2.79. The summed E-state index contributed by atoms with van der Waals surface area (Å²) in [6.45, 7) is 16.0. The van der Waals surface area contributed by atoms with Crippen molar-refractivity contribution >= 4 is 22.9 Å². The molecule has 0 radical (unpaired) electrons. The fourth-order valence-electron chi connectivity index (χ4n) is 7.06. The molecule has 2 saturated heterocycles. The number of likely N-dealkylation sites (N-methyl/N-ethyl adjacent to an activating group) is 1. The van der Waals surface area contributed by atoms with Crippen LogP contribution in [0.4, 0.5) is 11.8 Å². The number of anilines is 2. The SMILES string of the molecule is CCN1CCN(CCCn2cnc3c(N4CCN(C5CCCC5)CC4)nc(NCc4ccc(CN(C)C)cc4)nc32)CC1. The number of rotatable bonds is 12. The Bertz CT molecular complexity index is 1280. The van der Waals surface area contributed by atoms with E-state index in [1.807, 2.05) is 6.33 Å². The maximum Gasteiger partial charge on any atom is 0.227 e. The second-order valence-corrected chi connectivity index (χ2v) is 13.0. The second kappa shape index (κ2) is 14.3. The molecule has 10 heteroatoms. The standard InChI is InChI=1S/C33H52N10/c1-4-39-16-18-40(19-17-39)14-7-15-43-26-35-30-31(42-22-20-41(21-23-42)29-8-5-6-9-29)36-33(37-32(30)43)34-24-27-10-12-28(13-11-27)25-38(2)3/h10-13,26,29H,4-9,14-25H2,1-3H3,(H,34,36,37). The number of aromatic nitrogens is 4. The quantitative estimate of drug-likeness (QED) is 0.342. The third kappa shape index (κ3) is 7.66. The van der Waals surface area contributed by atoms with E-state index in [0.29, 0.717) is 12.5 Å². The van der Waals surface area contributed by atoms with E-state index in [1.54, 1.807) is 0 Å². The van der Waals surface area contributed by atoms with Crippen LogP contribution in [0.3, 0.4) is 0 Å². The molecule has 0 spiro atoms. The van der Waals surface area contributed by atoms with Crippen LogP contribution in [0.25, 0.3) is 11.2 Å². The van der Waals surface area contributed by atoms with Gasteiger partial charge in [-0.1, -0.05) is 44.0 Å². The van der Waals surface area contributed by atoms with Crippen molar-refractivity contribution < 1.29 is 0 Å². The van der Waals surface area contributed by atoms with Crippen molar-refractivity contribution in [3.8, 4) is 0 Å². The first-order valence-corrected chi connectivity index (χ1v) is 16.7. The summed E-state index contributed by atoms with van der Waals surface area (Å²) in [6.07, 6.45) is 8.58. The van der Waals surface area contributed by atoms with Gasteiger partial charge in [-0.3, -0.25) is 4.90 Å². The third-order valence-corrected chi connectivity index (χ3v) is 9.66. The van der Waals surface area contributed by atoms with E-state index in [4.69, 9.17) is 15.0 Å². The highest BCUT2D eigenvalue weighted by Crippen LogP contribution is 2.29. The molecule has 1 saturated carbocycles. The molecule has 0 amide bonds. The van der Waals surface area contributed by atoms with E-state index in [0.717, 1.165) is 81.8 Å². The third-order valence-electron chi connectivity index (χ3n) is 9.66. The Morgan fingerprint density at radius 1 is 0.837 bits per heavy atom. The molecule has 234 valence electrons. The number of nitrogens with one attached hydrogen (secondary N) is 1. The molecule has 43 heavy (non-hydrogen) atoms. The normalized spacial score (nSPS) is 19.7. The number of fused-ring (bicyclic) bond motifs is 1. The molecule has 3 fully saturated rings. The van der Waals surface area contributed by atoms with Gasteiger partial charge in [-0.05, 0) is 57.6 Å². The van der Waals surface area contributed by atoms with Gasteiger partial charge in [0.1, 0.15) is 0 Å². The van der Waals surface area contributed by atoms with Crippen molar-refractivity contribution in [2.75, 3.05) is 89.8 Å². The van der Waals surface area contributed by atoms with Crippen molar-refractivity contribution in [2.24, 2.45) is 0 Å². The molecule has 10 nitrogen and oxygen atoms in total. The van der Waals surface area contributed by atoms with E-state index in [2.05, 4.69) is 79.7 Å². The number of nitrogens with zero attached hydrogens (tertiary/aromatic N) is 9. The lowest BCUT2D eigenvalue weighted by Crippen LogP contribution is -2.50. The lowest BCUT2D eigenvalue weighted by molar-refractivity contribution is 0.135. The van der Waals surface area contributed by atoms with Crippen LogP contribution < -0.4 is 10.2 Å². The number of imidazole rings is 1. The zero-order chi connectivity index (χ0) is 29.6. The zero-order valence-corrected chi connectivity index (χ0v) is 26.7. The van der Waals surface area contributed by atoms with Gasteiger partial charge in [-0.2, -0.15) is 9.97 Å². The summed E-state index contributed by atoms with van der Waals surface area (Å²) in [6, 6.07) is 9.62. The van der Waals surface area contributed by atoms with Gasteiger partial charge in [-0.15, -0.1) is 0 Å². The predicted octanol–water partition coefficient (Wildman–Crippen LogP) is 3.59. The molecule has 1 N–H and O–H groups in total. The summed E-state index contributed by atoms with van der Waals surface area (Å²) >= 11 is 0. The fraction of sp³-hybridized carbons (Fsp3) is 0.667. The van der Waals surface area contributed by atoms with Gasteiger partial charge >= 0.3 is 0 Å². The van der Waals surface area contributed by atoms with Crippen molar-refractivity contribution in [1.29, 1.82) is 0 Å². The molecule has 0 unspecified atom stereocenters. The van der Waals surface area contributed by atoms with E-state index in [9.17, 15) is 0 Å². The van der Waals surface area contributed by atoms with Crippen LogP contribution in [0.15, 0.2) is 30.6 Å². The topological polar surface area (TPSA) is 71.8 Å². The summed E-state index contributed by atoms with van der Waals surface area (Å²) in [5.41, 5.74) is 4.43. The Kier molecular flexibility index (Phi) is 10.1. The molecular formula is C33H52N10. The molecule has 1 aromatic carbocycles. The maximum atomic E-state index is 5.09. The van der Waals surface area contributed by atoms with Gasteiger partial charge in [0.15, 0.2) is 17.0 Å². The van der Waals surface area contributed by atoms with Crippen molar-refractivity contribution in [3.63, 3.8) is 0 Å². The Balaban J connectivity index is 1.16. The molecule has 4 heterocycles. The van der Waals surface area contributed by atoms with Crippen LogP contribution in [0.2, 0.25) is 0 Å². The Morgan fingerprint density at radius 3 is 2.23 bits per heavy atom. The summed E-state index contributed by atoms with van der Waals surface area (Å²) in [5.74, 6) is 1.67. The van der Waals surface area contributed by atoms with E-state index >= 15 is 0 Å². The zero-order valence-electron chi connectivity index (χ0n) is 26.7. The van der Waals surface area contributed by atoms with Crippen LogP contribution in [0.5, 0.6) is 0 Å². The lowest BCUT2D eigenvalue weighted by Gasteiger charge is -2.38. The second-order valence-electron chi connectivity index (χ2n) is 13.0.